The van der Waals surface area contributed by atoms with Crippen LogP contribution >= 0.6 is 11.6 Å². The second-order valence-electron chi connectivity index (χ2n) is 5.56. The summed E-state index contributed by atoms with van der Waals surface area (Å²) < 4.78 is 0. The molecule has 1 amide bonds. The first-order valence-corrected chi connectivity index (χ1v) is 7.74. The quantitative estimate of drug-likeness (QED) is 0.925. The van der Waals surface area contributed by atoms with Gasteiger partial charge in [0.05, 0.1) is 0 Å². The smallest absolute Gasteiger partial charge is 0.226 e. The lowest BCUT2D eigenvalue weighted by Crippen LogP contribution is -2.43. The first kappa shape index (κ1) is 15.3. The number of carbonyl (C=O) groups excluding carboxylic acids is 1. The number of piperidine rings is 1. The number of hydrogen-bond acceptors (Lipinski definition) is 2. The van der Waals surface area contributed by atoms with Crippen molar-refractivity contribution in [2.75, 3.05) is 13.1 Å². The maximum absolute atomic E-state index is 12.6. The van der Waals surface area contributed by atoms with E-state index in [1.807, 2.05) is 36.1 Å². The van der Waals surface area contributed by atoms with E-state index in [0.29, 0.717) is 12.6 Å². The number of nitrogens with zero attached hydrogens (tertiary/aromatic N) is 1. The number of hydrogen-bond donors (Lipinski definition) is 1. The lowest BCUT2D eigenvalue weighted by atomic mass is 9.92. The van der Waals surface area contributed by atoms with Gasteiger partial charge in [0, 0.05) is 30.1 Å². The van der Waals surface area contributed by atoms with E-state index >= 15 is 0 Å². The molecule has 1 aromatic rings. The van der Waals surface area contributed by atoms with Crippen molar-refractivity contribution in [3.05, 3.63) is 34.9 Å². The highest BCUT2D eigenvalue weighted by Gasteiger charge is 2.27. The van der Waals surface area contributed by atoms with E-state index in [0.717, 1.165) is 36.5 Å². The SMILES string of the molecule is CCN(Cc1cccc(Cl)c1)C(=O)C1CCNC(C)C1. The van der Waals surface area contributed by atoms with Crippen LogP contribution in [-0.2, 0) is 11.3 Å². The Bertz CT molecular complexity index is 464. The molecule has 1 fully saturated rings. The topological polar surface area (TPSA) is 32.3 Å². The van der Waals surface area contributed by atoms with Crippen LogP contribution in [0.15, 0.2) is 24.3 Å². The Morgan fingerprint density at radius 1 is 1.50 bits per heavy atom. The van der Waals surface area contributed by atoms with Crippen molar-refractivity contribution >= 4 is 17.5 Å². The summed E-state index contributed by atoms with van der Waals surface area (Å²) in [4.78, 5) is 14.6. The van der Waals surface area contributed by atoms with E-state index in [1.54, 1.807) is 0 Å². The Morgan fingerprint density at radius 2 is 2.30 bits per heavy atom. The molecule has 0 saturated carbocycles. The van der Waals surface area contributed by atoms with Crippen LogP contribution in [0.5, 0.6) is 0 Å². The van der Waals surface area contributed by atoms with Crippen molar-refractivity contribution in [3.63, 3.8) is 0 Å². The Kier molecular flexibility index (Phi) is 5.44. The van der Waals surface area contributed by atoms with Gasteiger partial charge in [-0.25, -0.2) is 0 Å². The fraction of sp³-hybridized carbons (Fsp3) is 0.562. The highest BCUT2D eigenvalue weighted by Crippen LogP contribution is 2.20. The van der Waals surface area contributed by atoms with Crippen LogP contribution < -0.4 is 5.32 Å². The van der Waals surface area contributed by atoms with Crippen molar-refractivity contribution in [2.24, 2.45) is 5.92 Å². The molecule has 1 saturated heterocycles. The zero-order valence-electron chi connectivity index (χ0n) is 12.2. The summed E-state index contributed by atoms with van der Waals surface area (Å²) in [7, 11) is 0. The Balaban J connectivity index is 2.02. The summed E-state index contributed by atoms with van der Waals surface area (Å²) in [6, 6.07) is 8.18. The lowest BCUT2D eigenvalue weighted by molar-refractivity contribution is -0.137. The molecule has 110 valence electrons. The van der Waals surface area contributed by atoms with Gasteiger partial charge in [-0.15, -0.1) is 0 Å². The standard InChI is InChI=1S/C16H23ClN2O/c1-3-19(11-13-5-4-6-15(17)10-13)16(20)14-7-8-18-12(2)9-14/h4-6,10,12,14,18H,3,7-9,11H2,1-2H3. The summed E-state index contributed by atoms with van der Waals surface area (Å²) in [5.74, 6) is 0.436. The Labute approximate surface area is 126 Å². The van der Waals surface area contributed by atoms with E-state index < -0.39 is 0 Å². The van der Waals surface area contributed by atoms with Crippen molar-refractivity contribution in [2.45, 2.75) is 39.3 Å². The average molecular weight is 295 g/mol. The third-order valence-corrected chi connectivity index (χ3v) is 4.16. The molecule has 2 unspecified atom stereocenters. The van der Waals surface area contributed by atoms with E-state index in [-0.39, 0.29) is 11.8 Å². The summed E-state index contributed by atoms with van der Waals surface area (Å²) in [5, 5.41) is 4.12. The molecule has 2 atom stereocenters. The minimum absolute atomic E-state index is 0.158. The second kappa shape index (κ2) is 7.09. The first-order valence-electron chi connectivity index (χ1n) is 7.36. The molecule has 0 aliphatic carbocycles. The van der Waals surface area contributed by atoms with Crippen LogP contribution in [0.1, 0.15) is 32.3 Å². The van der Waals surface area contributed by atoms with E-state index in [1.165, 1.54) is 0 Å². The molecule has 0 bridgehead atoms. The van der Waals surface area contributed by atoms with Crippen LogP contribution in [0.3, 0.4) is 0 Å². The van der Waals surface area contributed by atoms with Crippen molar-refractivity contribution in [3.8, 4) is 0 Å². The van der Waals surface area contributed by atoms with Crippen LogP contribution in [0.25, 0.3) is 0 Å². The molecule has 0 spiro atoms. The van der Waals surface area contributed by atoms with Gasteiger partial charge in [0.2, 0.25) is 5.91 Å². The van der Waals surface area contributed by atoms with Crippen LogP contribution in [0.2, 0.25) is 5.02 Å². The molecule has 1 aromatic carbocycles. The van der Waals surface area contributed by atoms with Gasteiger partial charge in [-0.3, -0.25) is 4.79 Å². The van der Waals surface area contributed by atoms with Gasteiger partial charge < -0.3 is 10.2 Å². The molecule has 1 N–H and O–H groups in total. The second-order valence-corrected chi connectivity index (χ2v) is 6.00. The maximum Gasteiger partial charge on any atom is 0.226 e. The minimum Gasteiger partial charge on any atom is -0.338 e. The molecular formula is C16H23ClN2O. The predicted octanol–water partition coefficient (Wildman–Crippen LogP) is 3.08. The van der Waals surface area contributed by atoms with Crippen LogP contribution in [-0.4, -0.2) is 29.9 Å². The number of nitrogens with one attached hydrogen (secondary N) is 1. The molecule has 0 aromatic heterocycles. The third kappa shape index (κ3) is 3.97. The van der Waals surface area contributed by atoms with Crippen molar-refractivity contribution in [1.29, 1.82) is 0 Å². The third-order valence-electron chi connectivity index (χ3n) is 3.93. The molecule has 20 heavy (non-hydrogen) atoms. The zero-order valence-corrected chi connectivity index (χ0v) is 13.0. The van der Waals surface area contributed by atoms with Gasteiger partial charge in [0.15, 0.2) is 0 Å². The highest BCUT2D eigenvalue weighted by atomic mass is 35.5. The molecule has 1 heterocycles. The van der Waals surface area contributed by atoms with Gasteiger partial charge in [-0.2, -0.15) is 0 Å². The van der Waals surface area contributed by atoms with Gasteiger partial charge in [-0.05, 0) is 50.9 Å². The van der Waals surface area contributed by atoms with Crippen molar-refractivity contribution < 1.29 is 4.79 Å². The molecule has 3 nitrogen and oxygen atoms in total. The van der Waals surface area contributed by atoms with Crippen LogP contribution in [0, 0.1) is 5.92 Å². The fourth-order valence-electron chi connectivity index (χ4n) is 2.82. The monoisotopic (exact) mass is 294 g/mol. The number of rotatable bonds is 4. The van der Waals surface area contributed by atoms with Gasteiger partial charge >= 0.3 is 0 Å². The highest BCUT2D eigenvalue weighted by molar-refractivity contribution is 6.30. The zero-order chi connectivity index (χ0) is 14.5. The van der Waals surface area contributed by atoms with E-state index in [4.69, 9.17) is 11.6 Å². The normalized spacial score (nSPS) is 22.6. The molecule has 1 aliphatic heterocycles. The number of carbonyl (C=O) groups is 1. The molecule has 2 rings (SSSR count). The lowest BCUT2D eigenvalue weighted by Gasteiger charge is -2.31. The van der Waals surface area contributed by atoms with Gasteiger partial charge in [-0.1, -0.05) is 23.7 Å². The molecule has 0 radical (unpaired) electrons. The fourth-order valence-corrected chi connectivity index (χ4v) is 3.03. The summed E-state index contributed by atoms with van der Waals surface area (Å²) in [6.45, 7) is 6.50. The average Bonchev–Trinajstić information content (AvgIpc) is 2.44. The van der Waals surface area contributed by atoms with Gasteiger partial charge in [0.25, 0.3) is 0 Å². The van der Waals surface area contributed by atoms with E-state index in [2.05, 4.69) is 12.2 Å². The Hall–Kier alpha value is -1.06. The predicted molar refractivity (Wildman–Crippen MR) is 82.7 cm³/mol. The minimum atomic E-state index is 0.158. The molecule has 1 aliphatic rings. The first-order chi connectivity index (χ1) is 9.60. The summed E-state index contributed by atoms with van der Waals surface area (Å²) in [6.07, 6.45) is 1.88. The number of amides is 1. The summed E-state index contributed by atoms with van der Waals surface area (Å²) >= 11 is 6.01. The Morgan fingerprint density at radius 3 is 2.95 bits per heavy atom. The van der Waals surface area contributed by atoms with Gasteiger partial charge in [0.1, 0.15) is 0 Å². The summed E-state index contributed by atoms with van der Waals surface area (Å²) in [5.41, 5.74) is 1.09. The van der Waals surface area contributed by atoms with Crippen molar-refractivity contribution in [1.82, 2.24) is 10.2 Å². The molecule has 4 heteroatoms. The maximum atomic E-state index is 12.6. The van der Waals surface area contributed by atoms with Crippen LogP contribution in [0.4, 0.5) is 0 Å². The number of benzene rings is 1. The number of halogens is 1. The molecular weight excluding hydrogens is 272 g/mol. The largest absolute Gasteiger partial charge is 0.338 e. The van der Waals surface area contributed by atoms with E-state index in [9.17, 15) is 4.79 Å².